The van der Waals surface area contributed by atoms with Crippen molar-refractivity contribution < 1.29 is 4.74 Å². The highest BCUT2D eigenvalue weighted by Gasteiger charge is 2.18. The van der Waals surface area contributed by atoms with Crippen LogP contribution in [0.1, 0.15) is 44.9 Å². The Hall–Kier alpha value is -0.770. The number of ether oxygens (including phenoxy) is 1. The van der Waals surface area contributed by atoms with Gasteiger partial charge in [0.05, 0.1) is 6.04 Å². The van der Waals surface area contributed by atoms with E-state index in [9.17, 15) is 0 Å². The lowest BCUT2D eigenvalue weighted by molar-refractivity contribution is 0.0611. The molecule has 1 aliphatic carbocycles. The molecule has 18 heavy (non-hydrogen) atoms. The summed E-state index contributed by atoms with van der Waals surface area (Å²) < 4.78 is 5.38. The van der Waals surface area contributed by atoms with Gasteiger partial charge in [-0.1, -0.05) is 19.3 Å². The molecule has 1 aliphatic heterocycles. The minimum Gasteiger partial charge on any atom is -0.381 e. The molecule has 2 aliphatic rings. The normalized spacial score (nSPS) is 24.2. The Kier molecular flexibility index (Phi) is 5.29. The molecule has 0 amide bonds. The molecular formula is C14H27N3O. The lowest BCUT2D eigenvalue weighted by Gasteiger charge is -2.28. The van der Waals surface area contributed by atoms with E-state index in [-0.39, 0.29) is 0 Å². The second-order valence-corrected chi connectivity index (χ2v) is 5.72. The Balaban J connectivity index is 1.78. The molecule has 104 valence electrons. The Bertz CT molecular complexity index is 268. The standard InChI is InChI=1S/C14H27N3O/c1-17(11-12-7-9-18-10-8-12)14(15)16-13-5-3-2-4-6-13/h12-13H,2-11H2,1H3,(H2,15,16). The van der Waals surface area contributed by atoms with Gasteiger partial charge in [0.25, 0.3) is 0 Å². The molecule has 0 unspecified atom stereocenters. The van der Waals surface area contributed by atoms with Gasteiger partial charge in [-0.25, -0.2) is 4.99 Å². The van der Waals surface area contributed by atoms with Crippen molar-refractivity contribution in [2.45, 2.75) is 51.0 Å². The van der Waals surface area contributed by atoms with Gasteiger partial charge in [0.15, 0.2) is 5.96 Å². The van der Waals surface area contributed by atoms with E-state index in [0.717, 1.165) is 38.6 Å². The maximum Gasteiger partial charge on any atom is 0.191 e. The number of hydrogen-bond acceptors (Lipinski definition) is 2. The van der Waals surface area contributed by atoms with Crippen molar-refractivity contribution in [2.24, 2.45) is 16.6 Å². The van der Waals surface area contributed by atoms with E-state index in [2.05, 4.69) is 11.9 Å². The number of aliphatic imine (C=N–C) groups is 1. The molecular weight excluding hydrogens is 226 g/mol. The Morgan fingerprint density at radius 3 is 2.50 bits per heavy atom. The number of hydrogen-bond donors (Lipinski definition) is 1. The van der Waals surface area contributed by atoms with Crippen LogP contribution in [-0.4, -0.2) is 43.7 Å². The predicted octanol–water partition coefficient (Wildman–Crippen LogP) is 1.99. The van der Waals surface area contributed by atoms with E-state index in [4.69, 9.17) is 15.5 Å². The molecule has 1 saturated carbocycles. The molecule has 0 aromatic heterocycles. The molecule has 0 atom stereocenters. The van der Waals surface area contributed by atoms with Crippen LogP contribution in [0.3, 0.4) is 0 Å². The van der Waals surface area contributed by atoms with E-state index < -0.39 is 0 Å². The van der Waals surface area contributed by atoms with Gasteiger partial charge in [-0.3, -0.25) is 0 Å². The highest BCUT2D eigenvalue weighted by atomic mass is 16.5. The summed E-state index contributed by atoms with van der Waals surface area (Å²) in [6.07, 6.45) is 8.72. The molecule has 2 rings (SSSR count). The smallest absolute Gasteiger partial charge is 0.191 e. The summed E-state index contributed by atoms with van der Waals surface area (Å²) in [6, 6.07) is 0.468. The zero-order valence-corrected chi connectivity index (χ0v) is 11.6. The first-order valence-corrected chi connectivity index (χ1v) is 7.38. The molecule has 4 heteroatoms. The van der Waals surface area contributed by atoms with Gasteiger partial charge in [0, 0.05) is 26.8 Å². The van der Waals surface area contributed by atoms with Crippen LogP contribution in [0.15, 0.2) is 4.99 Å². The molecule has 0 bridgehead atoms. The third-order valence-electron chi connectivity index (χ3n) is 4.15. The maximum atomic E-state index is 6.11. The average Bonchev–Trinajstić information content (AvgIpc) is 2.41. The van der Waals surface area contributed by atoms with Crippen molar-refractivity contribution >= 4 is 5.96 Å². The van der Waals surface area contributed by atoms with E-state index in [1.807, 2.05) is 0 Å². The van der Waals surface area contributed by atoms with Crippen LogP contribution in [0.2, 0.25) is 0 Å². The van der Waals surface area contributed by atoms with Crippen molar-refractivity contribution in [3.63, 3.8) is 0 Å². The lowest BCUT2D eigenvalue weighted by atomic mass is 9.96. The highest BCUT2D eigenvalue weighted by Crippen LogP contribution is 2.20. The van der Waals surface area contributed by atoms with E-state index in [1.54, 1.807) is 0 Å². The predicted molar refractivity (Wildman–Crippen MR) is 74.7 cm³/mol. The minimum absolute atomic E-state index is 0.468. The van der Waals surface area contributed by atoms with Crippen LogP contribution in [0, 0.1) is 5.92 Å². The average molecular weight is 253 g/mol. The van der Waals surface area contributed by atoms with Gasteiger partial charge in [-0.05, 0) is 31.6 Å². The first kappa shape index (κ1) is 13.7. The first-order chi connectivity index (χ1) is 8.75. The van der Waals surface area contributed by atoms with E-state index in [0.29, 0.717) is 12.0 Å². The fourth-order valence-electron chi connectivity index (χ4n) is 2.91. The number of guanidine groups is 1. The summed E-state index contributed by atoms with van der Waals surface area (Å²) in [5.41, 5.74) is 6.11. The third-order valence-corrected chi connectivity index (χ3v) is 4.15. The van der Waals surface area contributed by atoms with Crippen molar-refractivity contribution in [3.05, 3.63) is 0 Å². The zero-order valence-electron chi connectivity index (χ0n) is 11.6. The van der Waals surface area contributed by atoms with E-state index >= 15 is 0 Å². The molecule has 0 spiro atoms. The van der Waals surface area contributed by atoms with Gasteiger partial charge < -0.3 is 15.4 Å². The Morgan fingerprint density at radius 1 is 1.17 bits per heavy atom. The summed E-state index contributed by atoms with van der Waals surface area (Å²) in [5, 5.41) is 0. The molecule has 1 heterocycles. The van der Waals surface area contributed by atoms with Crippen LogP contribution in [0.25, 0.3) is 0 Å². The van der Waals surface area contributed by atoms with Crippen LogP contribution in [0.5, 0.6) is 0 Å². The quantitative estimate of drug-likeness (QED) is 0.618. The monoisotopic (exact) mass is 253 g/mol. The molecule has 1 saturated heterocycles. The second-order valence-electron chi connectivity index (χ2n) is 5.72. The molecule has 4 nitrogen and oxygen atoms in total. The summed E-state index contributed by atoms with van der Waals surface area (Å²) in [6.45, 7) is 2.82. The van der Waals surface area contributed by atoms with Crippen LogP contribution >= 0.6 is 0 Å². The number of nitrogens with zero attached hydrogens (tertiary/aromatic N) is 2. The number of rotatable bonds is 3. The molecule has 0 aromatic carbocycles. The fraction of sp³-hybridized carbons (Fsp3) is 0.929. The van der Waals surface area contributed by atoms with Gasteiger partial charge >= 0.3 is 0 Å². The van der Waals surface area contributed by atoms with Crippen molar-refractivity contribution in [3.8, 4) is 0 Å². The van der Waals surface area contributed by atoms with Gasteiger partial charge in [-0.2, -0.15) is 0 Å². The first-order valence-electron chi connectivity index (χ1n) is 7.38. The Labute approximate surface area is 111 Å². The van der Waals surface area contributed by atoms with Crippen LogP contribution in [0.4, 0.5) is 0 Å². The molecule has 0 radical (unpaired) electrons. The lowest BCUT2D eigenvalue weighted by Crippen LogP contribution is -2.39. The highest BCUT2D eigenvalue weighted by molar-refractivity contribution is 5.78. The minimum atomic E-state index is 0.468. The second kappa shape index (κ2) is 6.98. The largest absolute Gasteiger partial charge is 0.381 e. The van der Waals surface area contributed by atoms with E-state index in [1.165, 1.54) is 32.1 Å². The SMILES string of the molecule is CN(CC1CCOCC1)C(N)=NC1CCCCC1. The van der Waals surface area contributed by atoms with Crippen LogP contribution in [-0.2, 0) is 4.74 Å². The van der Waals surface area contributed by atoms with Crippen molar-refractivity contribution in [2.75, 3.05) is 26.8 Å². The number of nitrogens with two attached hydrogens (primary N) is 1. The van der Waals surface area contributed by atoms with Crippen molar-refractivity contribution in [1.29, 1.82) is 0 Å². The summed E-state index contributed by atoms with van der Waals surface area (Å²) in [4.78, 5) is 6.82. The fourth-order valence-corrected chi connectivity index (χ4v) is 2.91. The van der Waals surface area contributed by atoms with Crippen LogP contribution < -0.4 is 5.73 Å². The topological polar surface area (TPSA) is 50.9 Å². The summed E-state index contributed by atoms with van der Waals surface area (Å²) in [7, 11) is 2.07. The van der Waals surface area contributed by atoms with Gasteiger partial charge in [0.1, 0.15) is 0 Å². The molecule has 0 aromatic rings. The summed E-state index contributed by atoms with van der Waals surface area (Å²) >= 11 is 0. The van der Waals surface area contributed by atoms with Gasteiger partial charge in [0.2, 0.25) is 0 Å². The van der Waals surface area contributed by atoms with Crippen molar-refractivity contribution in [1.82, 2.24) is 4.90 Å². The van der Waals surface area contributed by atoms with Gasteiger partial charge in [-0.15, -0.1) is 0 Å². The zero-order chi connectivity index (χ0) is 12.8. The Morgan fingerprint density at radius 2 is 1.83 bits per heavy atom. The molecule has 2 N–H and O–H groups in total. The molecule has 2 fully saturated rings. The maximum absolute atomic E-state index is 6.11. The summed E-state index contributed by atoms with van der Waals surface area (Å²) in [5.74, 6) is 1.44. The third kappa shape index (κ3) is 4.16.